The molecular formula is C40H57N5O10. The van der Waals surface area contributed by atoms with Crippen molar-refractivity contribution < 1.29 is 48.5 Å². The van der Waals surface area contributed by atoms with Gasteiger partial charge in [-0.25, -0.2) is 9.59 Å². The Kier molecular flexibility index (Phi) is 18.0. The number of rotatable bonds is 10. The summed E-state index contributed by atoms with van der Waals surface area (Å²) < 4.78 is 5.78. The van der Waals surface area contributed by atoms with Crippen molar-refractivity contribution in [2.75, 3.05) is 14.2 Å². The number of ether oxygens (including phenoxy) is 1. The molecule has 55 heavy (non-hydrogen) atoms. The van der Waals surface area contributed by atoms with E-state index in [4.69, 9.17) is 4.74 Å². The summed E-state index contributed by atoms with van der Waals surface area (Å²) in [5, 5.41) is 30.1. The molecule has 2 rings (SSSR count). The molecule has 1 saturated heterocycles. The number of carboxylic acids is 2. The van der Waals surface area contributed by atoms with Gasteiger partial charge in [-0.1, -0.05) is 94.8 Å². The summed E-state index contributed by atoms with van der Waals surface area (Å²) in [5.41, 5.74) is 1.66. The van der Waals surface area contributed by atoms with Gasteiger partial charge in [0.1, 0.15) is 23.8 Å². The molecule has 15 heteroatoms. The summed E-state index contributed by atoms with van der Waals surface area (Å²) in [6, 6.07) is 4.42. The van der Waals surface area contributed by atoms with Crippen LogP contribution in [0.1, 0.15) is 66.9 Å². The molecule has 1 aliphatic rings. The van der Waals surface area contributed by atoms with Crippen molar-refractivity contribution in [3.8, 4) is 0 Å². The normalized spacial score (nSPS) is 26.3. The smallest absolute Gasteiger partial charge is 0.327 e. The number of carbonyl (C=O) groups excluding carboxylic acids is 5. The lowest BCUT2D eigenvalue weighted by molar-refractivity contribution is -0.146. The van der Waals surface area contributed by atoms with E-state index in [1.165, 1.54) is 33.9 Å². The SMILES string of the molecule is C/C=C1/C(=O)N[C@@H](C(=O)O)[C@H](C)C(=O)N[C@@H](C(C)C)C(=O)N[C@@H](/C=C/C(C)=C/[C@H](C)[C@H](Cc2ccccc2)OC)[C@@H](C)C(=O)N[C@@H](C(=O)O)CCC(=O)N1C. The highest BCUT2D eigenvalue weighted by Gasteiger charge is 2.37. The van der Waals surface area contributed by atoms with Gasteiger partial charge in [-0.3, -0.25) is 24.0 Å². The van der Waals surface area contributed by atoms with Crippen LogP contribution in [0.25, 0.3) is 0 Å². The molecule has 1 heterocycles. The number of nitrogens with one attached hydrogen (secondary N) is 4. The third-order valence-corrected chi connectivity index (χ3v) is 9.74. The van der Waals surface area contributed by atoms with Crippen LogP contribution >= 0.6 is 0 Å². The second-order valence-corrected chi connectivity index (χ2v) is 14.3. The lowest BCUT2D eigenvalue weighted by atomic mass is 9.94. The molecule has 302 valence electrons. The van der Waals surface area contributed by atoms with Crippen LogP contribution in [0.15, 0.2) is 65.9 Å². The van der Waals surface area contributed by atoms with Gasteiger partial charge >= 0.3 is 11.9 Å². The number of likely N-dealkylation sites (N-methyl/N-ethyl adjacent to an activating group) is 1. The number of nitrogens with zero attached hydrogens (tertiary/aromatic N) is 1. The summed E-state index contributed by atoms with van der Waals surface area (Å²) in [4.78, 5) is 92.8. The Hall–Kier alpha value is -5.31. The van der Waals surface area contributed by atoms with Gasteiger partial charge < -0.3 is 41.1 Å². The minimum absolute atomic E-state index is 0.0384. The Balaban J connectivity index is 2.57. The lowest BCUT2D eigenvalue weighted by Crippen LogP contribution is -2.57. The van der Waals surface area contributed by atoms with Gasteiger partial charge in [0.05, 0.1) is 24.0 Å². The minimum Gasteiger partial charge on any atom is -0.480 e. The average molecular weight is 768 g/mol. The van der Waals surface area contributed by atoms with E-state index in [1.54, 1.807) is 33.1 Å². The zero-order valence-corrected chi connectivity index (χ0v) is 33.1. The number of carbonyl (C=O) groups is 7. The molecule has 0 unspecified atom stereocenters. The monoisotopic (exact) mass is 767 g/mol. The number of hydrogen-bond acceptors (Lipinski definition) is 8. The topological polar surface area (TPSA) is 221 Å². The van der Waals surface area contributed by atoms with Gasteiger partial charge in [0, 0.05) is 26.5 Å². The van der Waals surface area contributed by atoms with Crippen molar-refractivity contribution >= 4 is 41.5 Å². The third-order valence-electron chi connectivity index (χ3n) is 9.74. The highest BCUT2D eigenvalue weighted by Crippen LogP contribution is 2.19. The molecule has 1 aromatic rings. The zero-order chi connectivity index (χ0) is 41.6. The van der Waals surface area contributed by atoms with Crippen LogP contribution in [0.4, 0.5) is 0 Å². The number of aliphatic carboxylic acids is 2. The first kappa shape index (κ1) is 45.8. The fraction of sp³-hybridized carbons (Fsp3) is 0.525. The first-order valence-electron chi connectivity index (χ1n) is 18.4. The standard InChI is InChI=1S/C40H57N5O10/c1-10-30-37(49)44-34(40(53)54)26(7)36(48)43-33(22(2)3)38(50)41-28(25(6)35(47)42-29(39(51)52)18-19-32(46)45(30)8)17-16-23(4)20-24(5)31(55-9)21-27-14-12-11-13-15-27/h10-17,20,22,24-26,28-29,31,33-34H,18-19,21H2,1-9H3,(H,41,50)(H,42,47)(H,43,48)(H,44,49)(H,51,52)(H,53,54)/b17-16+,23-20+,30-10-/t24-,25+,26-,28-,29+,31-,33-,34+/m0/s1. The summed E-state index contributed by atoms with van der Waals surface area (Å²) in [6.07, 6.45) is 6.37. The van der Waals surface area contributed by atoms with E-state index in [-0.39, 0.29) is 24.1 Å². The van der Waals surface area contributed by atoms with Crippen molar-refractivity contribution in [2.24, 2.45) is 23.7 Å². The van der Waals surface area contributed by atoms with E-state index in [9.17, 15) is 43.8 Å². The first-order valence-corrected chi connectivity index (χ1v) is 18.4. The Morgan fingerprint density at radius 3 is 2.07 bits per heavy atom. The summed E-state index contributed by atoms with van der Waals surface area (Å²) in [5.74, 6) is -9.82. The minimum atomic E-state index is -1.75. The predicted octanol–water partition coefficient (Wildman–Crippen LogP) is 2.58. The Morgan fingerprint density at radius 2 is 1.53 bits per heavy atom. The van der Waals surface area contributed by atoms with Crippen molar-refractivity contribution in [1.82, 2.24) is 26.2 Å². The second-order valence-electron chi connectivity index (χ2n) is 14.3. The number of benzene rings is 1. The lowest BCUT2D eigenvalue weighted by Gasteiger charge is -2.29. The Morgan fingerprint density at radius 1 is 0.909 bits per heavy atom. The number of hydrogen-bond donors (Lipinski definition) is 6. The first-order chi connectivity index (χ1) is 25.8. The number of allylic oxidation sites excluding steroid dienone is 3. The molecule has 8 atom stereocenters. The molecule has 1 aromatic carbocycles. The second kappa shape index (κ2) is 21.5. The summed E-state index contributed by atoms with van der Waals surface area (Å²) >= 11 is 0. The van der Waals surface area contributed by atoms with Gasteiger partial charge in [-0.2, -0.15) is 0 Å². The highest BCUT2D eigenvalue weighted by atomic mass is 16.5. The Bertz CT molecular complexity index is 1640. The van der Waals surface area contributed by atoms with Crippen LogP contribution in [-0.4, -0.2) is 101 Å². The summed E-state index contributed by atoms with van der Waals surface area (Å²) in [7, 11) is 2.91. The van der Waals surface area contributed by atoms with Gasteiger partial charge in [0.15, 0.2) is 0 Å². The molecule has 0 saturated carbocycles. The van der Waals surface area contributed by atoms with Crippen molar-refractivity contribution in [3.63, 3.8) is 0 Å². The number of carboxylic acid groups (broad SMARTS) is 2. The van der Waals surface area contributed by atoms with E-state index in [1.807, 2.05) is 50.3 Å². The van der Waals surface area contributed by atoms with Crippen LogP contribution in [0.3, 0.4) is 0 Å². The average Bonchev–Trinajstić information content (AvgIpc) is 3.13. The molecule has 5 amide bonds. The van der Waals surface area contributed by atoms with Crippen molar-refractivity contribution in [2.45, 2.75) is 98.0 Å². The summed E-state index contributed by atoms with van der Waals surface area (Å²) in [6.45, 7) is 11.4. The zero-order valence-electron chi connectivity index (χ0n) is 33.1. The molecule has 0 radical (unpaired) electrons. The fourth-order valence-corrected chi connectivity index (χ4v) is 6.11. The molecule has 0 spiro atoms. The maximum atomic E-state index is 13.9. The predicted molar refractivity (Wildman–Crippen MR) is 205 cm³/mol. The van der Waals surface area contributed by atoms with Gasteiger partial charge in [0.25, 0.3) is 5.91 Å². The largest absolute Gasteiger partial charge is 0.480 e. The van der Waals surface area contributed by atoms with E-state index in [2.05, 4.69) is 21.3 Å². The van der Waals surface area contributed by atoms with Crippen LogP contribution in [0, 0.1) is 23.7 Å². The van der Waals surface area contributed by atoms with Crippen molar-refractivity contribution in [3.05, 3.63) is 71.5 Å². The third kappa shape index (κ3) is 13.5. The van der Waals surface area contributed by atoms with Crippen molar-refractivity contribution in [1.29, 1.82) is 0 Å². The van der Waals surface area contributed by atoms with Crippen LogP contribution in [0.5, 0.6) is 0 Å². The van der Waals surface area contributed by atoms with Gasteiger partial charge in [-0.05, 0) is 38.2 Å². The number of methoxy groups -OCH3 is 1. The maximum absolute atomic E-state index is 13.9. The molecular weight excluding hydrogens is 710 g/mol. The molecule has 1 aliphatic heterocycles. The van der Waals surface area contributed by atoms with E-state index in [0.717, 1.165) is 16.0 Å². The van der Waals surface area contributed by atoms with Gasteiger partial charge in [-0.15, -0.1) is 0 Å². The molecule has 1 fully saturated rings. The molecule has 6 N–H and O–H groups in total. The molecule has 0 aliphatic carbocycles. The Labute approximate surface area is 323 Å². The maximum Gasteiger partial charge on any atom is 0.327 e. The van der Waals surface area contributed by atoms with E-state index >= 15 is 0 Å². The van der Waals surface area contributed by atoms with Crippen LogP contribution in [-0.2, 0) is 44.7 Å². The fourth-order valence-electron chi connectivity index (χ4n) is 6.11. The quantitative estimate of drug-likeness (QED) is 0.151. The molecule has 0 bridgehead atoms. The van der Waals surface area contributed by atoms with E-state index < -0.39 is 89.8 Å². The molecule has 0 aromatic heterocycles. The van der Waals surface area contributed by atoms with Gasteiger partial charge in [0.2, 0.25) is 23.6 Å². The number of amides is 5. The van der Waals surface area contributed by atoms with E-state index in [0.29, 0.717) is 6.42 Å². The van der Waals surface area contributed by atoms with Crippen LogP contribution < -0.4 is 21.3 Å². The molecule has 15 nitrogen and oxygen atoms in total. The van der Waals surface area contributed by atoms with Crippen LogP contribution in [0.2, 0.25) is 0 Å². The highest BCUT2D eigenvalue weighted by molar-refractivity contribution is 6.00.